The smallest absolute Gasteiger partial charge is 0.184 e. The summed E-state index contributed by atoms with van der Waals surface area (Å²) < 4.78 is 24.0. The molecule has 0 spiro atoms. The fourth-order valence-corrected chi connectivity index (χ4v) is 5.71. The quantitative estimate of drug-likeness (QED) is 0.770. The first-order valence-corrected chi connectivity index (χ1v) is 8.26. The molecular formula is C14H14N2O3S. The third-order valence-electron chi connectivity index (χ3n) is 4.35. The lowest BCUT2D eigenvalue weighted by atomic mass is 9.92. The standard InChI is InChI=1S/C14H14N2O3S/c15-7-9-1-4-13(16-8-9)14(17)10-5-11-2-3-12(6-10)20(11,18)19/h1,4,8,10-12H,2-3,5-6H2. The number of sulfone groups is 1. The highest BCUT2D eigenvalue weighted by atomic mass is 32.2. The summed E-state index contributed by atoms with van der Waals surface area (Å²) in [5, 5.41) is 8.00. The van der Waals surface area contributed by atoms with E-state index in [1.807, 2.05) is 6.07 Å². The van der Waals surface area contributed by atoms with Gasteiger partial charge in [-0.2, -0.15) is 5.26 Å². The molecule has 6 heteroatoms. The molecule has 2 bridgehead atoms. The van der Waals surface area contributed by atoms with Crippen LogP contribution in [0.5, 0.6) is 0 Å². The number of carbonyl (C=O) groups is 1. The van der Waals surface area contributed by atoms with E-state index in [1.165, 1.54) is 6.20 Å². The lowest BCUT2D eigenvalue weighted by molar-refractivity contribution is 0.0900. The van der Waals surface area contributed by atoms with Crippen LogP contribution in [0.1, 0.15) is 41.7 Å². The highest BCUT2D eigenvalue weighted by Gasteiger charge is 2.48. The van der Waals surface area contributed by atoms with Gasteiger partial charge in [0.05, 0.1) is 16.1 Å². The summed E-state index contributed by atoms with van der Waals surface area (Å²) >= 11 is 0. The second-order valence-corrected chi connectivity index (χ2v) is 8.00. The summed E-state index contributed by atoms with van der Waals surface area (Å²) in [5.74, 6) is -0.349. The SMILES string of the molecule is N#Cc1ccc(C(=O)C2CC3CCC(C2)S3(=O)=O)nc1. The summed E-state index contributed by atoms with van der Waals surface area (Å²) in [6.45, 7) is 0. The van der Waals surface area contributed by atoms with Gasteiger partial charge in [-0.1, -0.05) is 0 Å². The summed E-state index contributed by atoms with van der Waals surface area (Å²) in [6.07, 6.45) is 3.56. The predicted molar refractivity (Wildman–Crippen MR) is 71.7 cm³/mol. The van der Waals surface area contributed by atoms with Crippen molar-refractivity contribution in [3.8, 4) is 6.07 Å². The molecule has 0 aliphatic carbocycles. The van der Waals surface area contributed by atoms with Crippen LogP contribution in [0.25, 0.3) is 0 Å². The van der Waals surface area contributed by atoms with Gasteiger partial charge in [0.15, 0.2) is 15.6 Å². The van der Waals surface area contributed by atoms with Gasteiger partial charge >= 0.3 is 0 Å². The van der Waals surface area contributed by atoms with Crippen LogP contribution >= 0.6 is 0 Å². The Bertz CT molecular complexity index is 668. The fourth-order valence-electron chi connectivity index (χ4n) is 3.24. The minimum Gasteiger partial charge on any atom is -0.292 e. The van der Waals surface area contributed by atoms with Crippen molar-refractivity contribution in [3.63, 3.8) is 0 Å². The first-order valence-electron chi connectivity index (χ1n) is 6.65. The van der Waals surface area contributed by atoms with Crippen LogP contribution in [0.3, 0.4) is 0 Å². The van der Waals surface area contributed by atoms with Gasteiger partial charge in [-0.25, -0.2) is 8.42 Å². The Labute approximate surface area is 117 Å². The molecule has 104 valence electrons. The van der Waals surface area contributed by atoms with Crippen LogP contribution < -0.4 is 0 Å². The maximum atomic E-state index is 12.4. The molecule has 5 nitrogen and oxygen atoms in total. The van der Waals surface area contributed by atoms with E-state index >= 15 is 0 Å². The summed E-state index contributed by atoms with van der Waals surface area (Å²) in [5.41, 5.74) is 0.737. The first-order chi connectivity index (χ1) is 9.52. The maximum Gasteiger partial charge on any atom is 0.184 e. The van der Waals surface area contributed by atoms with Crippen LogP contribution in [-0.4, -0.2) is 29.7 Å². The lowest BCUT2D eigenvalue weighted by Crippen LogP contribution is -2.36. The molecular weight excluding hydrogens is 276 g/mol. The Morgan fingerprint density at radius 2 is 1.90 bits per heavy atom. The van der Waals surface area contributed by atoms with Gasteiger partial charge < -0.3 is 0 Å². The Morgan fingerprint density at radius 1 is 1.25 bits per heavy atom. The van der Waals surface area contributed by atoms with Crippen LogP contribution in [0.2, 0.25) is 0 Å². The second kappa shape index (κ2) is 4.67. The topological polar surface area (TPSA) is 87.9 Å². The third kappa shape index (κ3) is 2.02. The predicted octanol–water partition coefficient (Wildman–Crippen LogP) is 1.49. The van der Waals surface area contributed by atoms with E-state index in [0.717, 1.165) is 0 Å². The molecule has 20 heavy (non-hydrogen) atoms. The van der Waals surface area contributed by atoms with Gasteiger partial charge in [0, 0.05) is 12.1 Å². The van der Waals surface area contributed by atoms with Crippen LogP contribution in [0, 0.1) is 17.2 Å². The van der Waals surface area contributed by atoms with Crippen molar-refractivity contribution in [2.45, 2.75) is 36.2 Å². The molecule has 0 N–H and O–H groups in total. The Hall–Kier alpha value is -1.74. The molecule has 0 aromatic carbocycles. The summed E-state index contributed by atoms with van der Waals surface area (Å²) in [4.78, 5) is 16.4. The number of rotatable bonds is 2. The Kier molecular flexibility index (Phi) is 3.09. The maximum absolute atomic E-state index is 12.4. The van der Waals surface area contributed by atoms with E-state index in [1.54, 1.807) is 12.1 Å². The molecule has 2 saturated heterocycles. The molecule has 2 atom stereocenters. The van der Waals surface area contributed by atoms with E-state index in [4.69, 9.17) is 5.26 Å². The molecule has 1 aromatic rings. The molecule has 1 aromatic heterocycles. The number of fused-ring (bicyclic) bond motifs is 2. The van der Waals surface area contributed by atoms with Crippen molar-refractivity contribution in [1.82, 2.24) is 4.98 Å². The highest BCUT2D eigenvalue weighted by molar-refractivity contribution is 7.93. The number of nitrogens with zero attached hydrogens (tertiary/aromatic N) is 2. The largest absolute Gasteiger partial charge is 0.292 e. The van der Waals surface area contributed by atoms with Crippen molar-refractivity contribution in [3.05, 3.63) is 29.6 Å². The van der Waals surface area contributed by atoms with Crippen molar-refractivity contribution in [1.29, 1.82) is 5.26 Å². The van der Waals surface area contributed by atoms with E-state index in [-0.39, 0.29) is 22.2 Å². The summed E-state index contributed by atoms with van der Waals surface area (Å²) in [7, 11) is -3.00. The van der Waals surface area contributed by atoms with Crippen molar-refractivity contribution in [2.75, 3.05) is 0 Å². The van der Waals surface area contributed by atoms with Crippen LogP contribution in [-0.2, 0) is 9.84 Å². The van der Waals surface area contributed by atoms with Crippen LogP contribution in [0.4, 0.5) is 0 Å². The molecule has 0 radical (unpaired) electrons. The van der Waals surface area contributed by atoms with Gasteiger partial charge in [-0.05, 0) is 37.8 Å². The van der Waals surface area contributed by atoms with E-state index in [2.05, 4.69) is 4.98 Å². The van der Waals surface area contributed by atoms with Gasteiger partial charge in [-0.3, -0.25) is 9.78 Å². The van der Waals surface area contributed by atoms with Crippen molar-refractivity contribution in [2.24, 2.45) is 5.92 Å². The number of ketones is 1. The number of hydrogen-bond acceptors (Lipinski definition) is 5. The minimum absolute atomic E-state index is 0.0960. The van der Waals surface area contributed by atoms with Gasteiger partial charge in [-0.15, -0.1) is 0 Å². The zero-order valence-corrected chi connectivity index (χ0v) is 11.6. The van der Waals surface area contributed by atoms with Crippen molar-refractivity contribution < 1.29 is 13.2 Å². The van der Waals surface area contributed by atoms with E-state index in [0.29, 0.717) is 36.9 Å². The summed E-state index contributed by atoms with van der Waals surface area (Å²) in [6, 6.07) is 5.07. The van der Waals surface area contributed by atoms with Crippen molar-refractivity contribution >= 4 is 15.6 Å². The number of carbonyl (C=O) groups excluding carboxylic acids is 1. The number of pyridine rings is 1. The molecule has 2 unspecified atom stereocenters. The zero-order valence-electron chi connectivity index (χ0n) is 10.8. The molecule has 3 heterocycles. The number of nitriles is 1. The zero-order chi connectivity index (χ0) is 14.3. The van der Waals surface area contributed by atoms with E-state index in [9.17, 15) is 13.2 Å². The monoisotopic (exact) mass is 290 g/mol. The molecule has 0 amide bonds. The molecule has 2 aliphatic heterocycles. The van der Waals surface area contributed by atoms with E-state index < -0.39 is 9.84 Å². The van der Waals surface area contributed by atoms with Gasteiger partial charge in [0.1, 0.15) is 11.8 Å². The lowest BCUT2D eigenvalue weighted by Gasteiger charge is -2.26. The molecule has 2 fully saturated rings. The highest BCUT2D eigenvalue weighted by Crippen LogP contribution is 2.41. The minimum atomic E-state index is -3.00. The normalized spacial score (nSPS) is 30.6. The molecule has 0 saturated carbocycles. The fraction of sp³-hybridized carbons (Fsp3) is 0.500. The Balaban J connectivity index is 1.81. The molecule has 3 rings (SSSR count). The molecule has 2 aliphatic rings. The average Bonchev–Trinajstić information content (AvgIpc) is 2.66. The second-order valence-electron chi connectivity index (χ2n) is 5.49. The number of hydrogen-bond donors (Lipinski definition) is 0. The Morgan fingerprint density at radius 3 is 2.40 bits per heavy atom. The first kappa shape index (κ1) is 13.3. The third-order valence-corrected chi connectivity index (χ3v) is 7.07. The van der Waals surface area contributed by atoms with Crippen LogP contribution in [0.15, 0.2) is 18.3 Å². The number of aromatic nitrogens is 1. The average molecular weight is 290 g/mol. The number of Topliss-reactive ketones (excluding diaryl/α,β-unsaturated/α-hetero) is 1. The van der Waals surface area contributed by atoms with Gasteiger partial charge in [0.2, 0.25) is 0 Å². The van der Waals surface area contributed by atoms with Gasteiger partial charge in [0.25, 0.3) is 0 Å².